The Balaban J connectivity index is 2.63. The van der Waals surface area contributed by atoms with E-state index in [2.05, 4.69) is 11.8 Å². The number of carbonyl (C=O) groups excluding carboxylic acids is 1. The maximum Gasteiger partial charge on any atom is 0.406 e. The first-order chi connectivity index (χ1) is 13.7. The van der Waals surface area contributed by atoms with Crippen LogP contribution in [0.1, 0.15) is 51.2 Å². The fourth-order valence-corrected chi connectivity index (χ4v) is 3.60. The Hall–Kier alpha value is -2.50. The molecule has 1 heterocycles. The number of thiophene rings is 1. The molecular formula is C21H19ClF3NO3S. The molecule has 1 amide bonds. The lowest BCUT2D eigenvalue weighted by Gasteiger charge is -2.24. The molecule has 4 nitrogen and oxygen atoms in total. The number of hydrogen-bond acceptors (Lipinski definition) is 3. The molecule has 0 fully saturated rings. The van der Waals surface area contributed by atoms with Crippen molar-refractivity contribution in [2.45, 2.75) is 33.9 Å². The van der Waals surface area contributed by atoms with Gasteiger partial charge in [0, 0.05) is 5.41 Å². The van der Waals surface area contributed by atoms with Crippen molar-refractivity contribution in [3.63, 3.8) is 0 Å². The van der Waals surface area contributed by atoms with Gasteiger partial charge in [-0.3, -0.25) is 9.69 Å². The zero-order valence-electron chi connectivity index (χ0n) is 16.6. The summed E-state index contributed by atoms with van der Waals surface area (Å²) in [5, 5.41) is 9.49. The Morgan fingerprint density at radius 3 is 2.33 bits per heavy atom. The quantitative estimate of drug-likeness (QED) is 0.571. The molecule has 1 aromatic carbocycles. The lowest BCUT2D eigenvalue weighted by Crippen LogP contribution is -2.39. The summed E-state index contributed by atoms with van der Waals surface area (Å²) in [4.78, 5) is 24.9. The van der Waals surface area contributed by atoms with Gasteiger partial charge in [0.1, 0.15) is 11.4 Å². The normalized spacial score (nSPS) is 11.6. The number of alkyl halides is 3. The monoisotopic (exact) mass is 457 g/mol. The van der Waals surface area contributed by atoms with Crippen molar-refractivity contribution in [1.82, 2.24) is 0 Å². The molecule has 0 aliphatic carbocycles. The van der Waals surface area contributed by atoms with Crippen LogP contribution in [0.4, 0.5) is 18.9 Å². The third-order valence-corrected chi connectivity index (χ3v) is 5.04. The van der Waals surface area contributed by atoms with Crippen LogP contribution in [0.2, 0.25) is 5.02 Å². The molecule has 0 unspecified atom stereocenters. The molecule has 0 saturated carbocycles. The molecule has 1 N–H and O–H groups in total. The minimum atomic E-state index is -4.76. The molecule has 0 spiro atoms. The van der Waals surface area contributed by atoms with Crippen LogP contribution in [0.5, 0.6) is 0 Å². The molecular weight excluding hydrogens is 439 g/mol. The van der Waals surface area contributed by atoms with Crippen molar-refractivity contribution >= 4 is 40.5 Å². The van der Waals surface area contributed by atoms with Crippen LogP contribution < -0.4 is 4.90 Å². The third-order valence-electron chi connectivity index (χ3n) is 3.70. The number of aryl methyl sites for hydroxylation is 1. The van der Waals surface area contributed by atoms with Crippen molar-refractivity contribution < 1.29 is 27.9 Å². The predicted molar refractivity (Wildman–Crippen MR) is 112 cm³/mol. The van der Waals surface area contributed by atoms with Crippen LogP contribution in [0.3, 0.4) is 0 Å². The average molecular weight is 458 g/mol. The highest BCUT2D eigenvalue weighted by molar-refractivity contribution is 7.15. The van der Waals surface area contributed by atoms with Gasteiger partial charge in [0.25, 0.3) is 5.91 Å². The highest BCUT2D eigenvalue weighted by atomic mass is 35.5. The van der Waals surface area contributed by atoms with Gasteiger partial charge in [-0.15, -0.1) is 11.3 Å². The topological polar surface area (TPSA) is 57.6 Å². The number of hydrogen-bond donors (Lipinski definition) is 1. The van der Waals surface area contributed by atoms with E-state index in [-0.39, 0.29) is 21.2 Å². The summed E-state index contributed by atoms with van der Waals surface area (Å²) in [5.41, 5.74) is -0.203. The fourth-order valence-electron chi connectivity index (χ4n) is 2.43. The van der Waals surface area contributed by atoms with Crippen molar-refractivity contribution in [2.24, 2.45) is 5.41 Å². The van der Waals surface area contributed by atoms with Crippen LogP contribution in [0.15, 0.2) is 24.3 Å². The van der Waals surface area contributed by atoms with E-state index in [4.69, 9.17) is 11.6 Å². The van der Waals surface area contributed by atoms with E-state index in [9.17, 15) is 27.9 Å². The van der Waals surface area contributed by atoms with Gasteiger partial charge < -0.3 is 5.11 Å². The van der Waals surface area contributed by atoms with E-state index < -0.39 is 34.9 Å². The number of carbonyl (C=O) groups is 2. The second-order valence-electron chi connectivity index (χ2n) is 7.62. The van der Waals surface area contributed by atoms with Crippen molar-refractivity contribution in [3.05, 3.63) is 50.2 Å². The van der Waals surface area contributed by atoms with Crippen LogP contribution in [0, 0.1) is 24.2 Å². The molecule has 9 heteroatoms. The maximum absolute atomic E-state index is 13.3. The van der Waals surface area contributed by atoms with Gasteiger partial charge in [-0.05, 0) is 51.5 Å². The van der Waals surface area contributed by atoms with Gasteiger partial charge >= 0.3 is 12.1 Å². The van der Waals surface area contributed by atoms with E-state index in [1.54, 1.807) is 6.92 Å². The van der Waals surface area contributed by atoms with Crippen LogP contribution in [-0.2, 0) is 0 Å². The minimum Gasteiger partial charge on any atom is -0.477 e. The summed E-state index contributed by atoms with van der Waals surface area (Å²) in [5.74, 6) is 3.18. The van der Waals surface area contributed by atoms with Crippen molar-refractivity contribution in [2.75, 3.05) is 11.4 Å². The van der Waals surface area contributed by atoms with Crippen LogP contribution in [-0.4, -0.2) is 29.7 Å². The fraction of sp³-hybridized carbons (Fsp3) is 0.333. The number of benzene rings is 1. The Kier molecular flexibility index (Phi) is 6.90. The Bertz CT molecular complexity index is 1040. The predicted octanol–water partition coefficient (Wildman–Crippen LogP) is 6.01. The van der Waals surface area contributed by atoms with E-state index in [0.717, 1.165) is 5.56 Å². The van der Waals surface area contributed by atoms with E-state index in [1.165, 1.54) is 24.3 Å². The van der Waals surface area contributed by atoms with Gasteiger partial charge in [-0.25, -0.2) is 4.79 Å². The highest BCUT2D eigenvalue weighted by Gasteiger charge is 2.37. The number of carboxylic acid groups (broad SMARTS) is 1. The number of amides is 1. The molecule has 1 aromatic heterocycles. The SMILES string of the molecule is Cc1ccc(C(=O)N(CC(F)(F)F)c2cc(C#CC(C)(C)C)sc2C(=O)O)c(Cl)c1. The summed E-state index contributed by atoms with van der Waals surface area (Å²) in [6.45, 7) is 5.57. The largest absolute Gasteiger partial charge is 0.477 e. The number of rotatable bonds is 4. The highest BCUT2D eigenvalue weighted by Crippen LogP contribution is 2.34. The second-order valence-corrected chi connectivity index (χ2v) is 9.08. The number of nitrogens with zero attached hydrogens (tertiary/aromatic N) is 1. The Morgan fingerprint density at radius 1 is 1.20 bits per heavy atom. The first kappa shape index (κ1) is 23.8. The van der Waals surface area contributed by atoms with Crippen LogP contribution in [0.25, 0.3) is 0 Å². The molecule has 0 saturated heterocycles. The standard InChI is InChI=1S/C21H19ClF3NO3S/c1-12-5-6-14(15(22)9-12)18(27)26(11-21(23,24)25)16-10-13(7-8-20(2,3)4)30-17(16)19(28)29/h5-6,9-10H,11H2,1-4H3,(H,28,29). The zero-order chi connectivity index (χ0) is 22.9. The zero-order valence-corrected chi connectivity index (χ0v) is 18.2. The minimum absolute atomic E-state index is 0.0213. The smallest absolute Gasteiger partial charge is 0.406 e. The summed E-state index contributed by atoms with van der Waals surface area (Å²) in [7, 11) is 0. The lowest BCUT2D eigenvalue weighted by molar-refractivity contribution is -0.118. The maximum atomic E-state index is 13.3. The molecule has 0 aliphatic heterocycles. The molecule has 0 atom stereocenters. The number of aromatic carboxylic acids is 1. The Morgan fingerprint density at radius 2 is 1.83 bits per heavy atom. The van der Waals surface area contributed by atoms with E-state index >= 15 is 0 Å². The molecule has 2 aromatic rings. The molecule has 2 rings (SSSR count). The summed E-state index contributed by atoms with van der Waals surface area (Å²) < 4.78 is 39.8. The molecule has 160 valence electrons. The summed E-state index contributed by atoms with van der Waals surface area (Å²) in [6, 6.07) is 5.50. The average Bonchev–Trinajstić information content (AvgIpc) is 3.00. The molecule has 0 radical (unpaired) electrons. The van der Waals surface area contributed by atoms with Gasteiger partial charge in [0.15, 0.2) is 0 Å². The van der Waals surface area contributed by atoms with E-state index in [0.29, 0.717) is 16.2 Å². The molecule has 0 bridgehead atoms. The van der Waals surface area contributed by atoms with Gasteiger partial charge in [0.2, 0.25) is 0 Å². The van der Waals surface area contributed by atoms with Crippen molar-refractivity contribution in [1.29, 1.82) is 0 Å². The van der Waals surface area contributed by atoms with E-state index in [1.807, 2.05) is 20.8 Å². The van der Waals surface area contributed by atoms with Crippen molar-refractivity contribution in [3.8, 4) is 11.8 Å². The number of anilines is 1. The van der Waals surface area contributed by atoms with Gasteiger partial charge in [-0.2, -0.15) is 13.2 Å². The van der Waals surface area contributed by atoms with Gasteiger partial charge in [-0.1, -0.05) is 29.5 Å². The third kappa shape index (κ3) is 6.25. The first-order valence-electron chi connectivity index (χ1n) is 8.73. The molecule has 30 heavy (non-hydrogen) atoms. The molecule has 0 aliphatic rings. The Labute approximate surface area is 181 Å². The van der Waals surface area contributed by atoms with Crippen LogP contribution >= 0.6 is 22.9 Å². The lowest BCUT2D eigenvalue weighted by atomic mass is 9.98. The van der Waals surface area contributed by atoms with Gasteiger partial charge in [0.05, 0.1) is 21.2 Å². The summed E-state index contributed by atoms with van der Waals surface area (Å²) >= 11 is 6.78. The summed E-state index contributed by atoms with van der Waals surface area (Å²) in [6.07, 6.45) is -4.76. The first-order valence-corrected chi connectivity index (χ1v) is 9.92. The number of carboxylic acids is 1. The second kappa shape index (κ2) is 8.70. The number of halogens is 4.